The van der Waals surface area contributed by atoms with Gasteiger partial charge in [0, 0.05) is 26.1 Å². The van der Waals surface area contributed by atoms with Crippen molar-refractivity contribution in [2.75, 3.05) is 26.8 Å². The van der Waals surface area contributed by atoms with Crippen LogP contribution >= 0.6 is 0 Å². The molecule has 0 spiro atoms. The molecule has 0 saturated carbocycles. The molecule has 1 amide bonds. The fourth-order valence-electron chi connectivity index (χ4n) is 3.25. The molecule has 3 rings (SSSR count). The third-order valence-electron chi connectivity index (χ3n) is 4.60. The minimum absolute atomic E-state index is 0.313. The Kier molecular flexibility index (Phi) is 4.97. The molecule has 1 aliphatic heterocycles. The number of aliphatic hydroxyl groups is 1. The largest absolute Gasteiger partial charge is 0.381 e. The summed E-state index contributed by atoms with van der Waals surface area (Å²) in [4.78, 5) is 14.8. The molecular weight excluding hydrogens is 302 g/mol. The van der Waals surface area contributed by atoms with Crippen molar-refractivity contribution in [1.29, 1.82) is 0 Å². The van der Waals surface area contributed by atoms with E-state index in [0.29, 0.717) is 30.2 Å². The predicted molar refractivity (Wildman–Crippen MR) is 92.4 cm³/mol. The normalized spacial score (nSPS) is 17.7. The van der Waals surface area contributed by atoms with Crippen molar-refractivity contribution in [3.8, 4) is 0 Å². The van der Waals surface area contributed by atoms with Gasteiger partial charge in [0.25, 0.3) is 5.91 Å². The molecule has 0 radical (unpaired) electrons. The summed E-state index contributed by atoms with van der Waals surface area (Å²) in [5, 5.41) is 11.4. The van der Waals surface area contributed by atoms with Gasteiger partial charge < -0.3 is 14.7 Å². The van der Waals surface area contributed by atoms with Gasteiger partial charge in [-0.1, -0.05) is 60.7 Å². The van der Waals surface area contributed by atoms with E-state index < -0.39 is 5.60 Å². The smallest absolute Gasteiger partial charge is 0.263 e. The lowest BCUT2D eigenvalue weighted by molar-refractivity contribution is -0.147. The quantitative estimate of drug-likeness (QED) is 0.918. The Morgan fingerprint density at radius 1 is 1.12 bits per heavy atom. The van der Waals surface area contributed by atoms with Crippen LogP contribution in [-0.2, 0) is 15.1 Å². The van der Waals surface area contributed by atoms with Crippen LogP contribution in [0.15, 0.2) is 60.7 Å². The average molecular weight is 325 g/mol. The van der Waals surface area contributed by atoms with Gasteiger partial charge in [-0.15, -0.1) is 0 Å². The van der Waals surface area contributed by atoms with Crippen LogP contribution in [0, 0.1) is 5.92 Å². The standard InChI is InChI=1S/C20H23NO3/c1-21(14-16-12-13-24-15-16)19(22)20(23,17-8-4-2-5-9-17)18-10-6-3-7-11-18/h2-11,16,23H,12-15H2,1H3. The van der Waals surface area contributed by atoms with E-state index in [2.05, 4.69) is 0 Å². The predicted octanol–water partition coefficient (Wildman–Crippen LogP) is 2.42. The Balaban J connectivity index is 1.94. The van der Waals surface area contributed by atoms with Crippen molar-refractivity contribution in [3.63, 3.8) is 0 Å². The van der Waals surface area contributed by atoms with Crippen molar-refractivity contribution in [3.05, 3.63) is 71.8 Å². The van der Waals surface area contributed by atoms with Crippen molar-refractivity contribution >= 4 is 5.91 Å². The Hall–Kier alpha value is -2.17. The third kappa shape index (κ3) is 3.21. The van der Waals surface area contributed by atoms with Crippen LogP contribution in [-0.4, -0.2) is 42.7 Å². The van der Waals surface area contributed by atoms with Crippen LogP contribution in [0.1, 0.15) is 17.5 Å². The minimum Gasteiger partial charge on any atom is -0.381 e. The van der Waals surface area contributed by atoms with E-state index >= 15 is 0 Å². The van der Waals surface area contributed by atoms with Gasteiger partial charge >= 0.3 is 0 Å². The Bertz CT molecular complexity index is 626. The van der Waals surface area contributed by atoms with Crippen LogP contribution in [0.3, 0.4) is 0 Å². The molecule has 1 aliphatic rings. The SMILES string of the molecule is CN(CC1CCOC1)C(=O)C(O)(c1ccccc1)c1ccccc1. The lowest BCUT2D eigenvalue weighted by atomic mass is 9.85. The highest BCUT2D eigenvalue weighted by Gasteiger charge is 2.42. The summed E-state index contributed by atoms with van der Waals surface area (Å²) < 4.78 is 5.39. The molecule has 0 bridgehead atoms. The monoisotopic (exact) mass is 325 g/mol. The lowest BCUT2D eigenvalue weighted by Crippen LogP contribution is -2.47. The number of amides is 1. The first-order valence-corrected chi connectivity index (χ1v) is 8.29. The zero-order valence-electron chi connectivity index (χ0n) is 13.9. The topological polar surface area (TPSA) is 49.8 Å². The van der Waals surface area contributed by atoms with Gasteiger partial charge in [0.05, 0.1) is 6.61 Å². The molecule has 1 saturated heterocycles. The first-order valence-electron chi connectivity index (χ1n) is 8.29. The van der Waals surface area contributed by atoms with E-state index in [-0.39, 0.29) is 5.91 Å². The van der Waals surface area contributed by atoms with Crippen LogP contribution in [0.4, 0.5) is 0 Å². The van der Waals surface area contributed by atoms with Gasteiger partial charge in [-0.25, -0.2) is 0 Å². The molecule has 126 valence electrons. The number of carbonyl (C=O) groups excluding carboxylic acids is 1. The van der Waals surface area contributed by atoms with Gasteiger partial charge in [0.1, 0.15) is 0 Å². The Morgan fingerprint density at radius 3 is 2.12 bits per heavy atom. The fourth-order valence-corrected chi connectivity index (χ4v) is 3.25. The van der Waals surface area contributed by atoms with E-state index in [1.165, 1.54) is 0 Å². The molecule has 4 nitrogen and oxygen atoms in total. The number of nitrogens with zero attached hydrogens (tertiary/aromatic N) is 1. The highest BCUT2D eigenvalue weighted by Crippen LogP contribution is 2.32. The van der Waals surface area contributed by atoms with Crippen LogP contribution < -0.4 is 0 Å². The molecule has 0 aliphatic carbocycles. The highest BCUT2D eigenvalue weighted by atomic mass is 16.5. The van der Waals surface area contributed by atoms with E-state index in [9.17, 15) is 9.90 Å². The van der Waals surface area contributed by atoms with Crippen molar-refractivity contribution in [2.24, 2.45) is 5.92 Å². The van der Waals surface area contributed by atoms with Gasteiger partial charge in [0.2, 0.25) is 0 Å². The molecule has 1 heterocycles. The molecular formula is C20H23NO3. The van der Waals surface area contributed by atoms with E-state index in [0.717, 1.165) is 13.0 Å². The molecule has 2 aromatic rings. The number of benzene rings is 2. The number of carbonyl (C=O) groups is 1. The molecule has 1 unspecified atom stereocenters. The molecule has 1 N–H and O–H groups in total. The highest BCUT2D eigenvalue weighted by molar-refractivity contribution is 5.90. The zero-order chi connectivity index (χ0) is 17.0. The molecule has 4 heteroatoms. The Morgan fingerprint density at radius 2 is 1.67 bits per heavy atom. The van der Waals surface area contributed by atoms with E-state index in [4.69, 9.17) is 4.74 Å². The van der Waals surface area contributed by atoms with Gasteiger partial charge in [-0.05, 0) is 17.5 Å². The van der Waals surface area contributed by atoms with Gasteiger partial charge in [-0.3, -0.25) is 4.79 Å². The number of hydrogen-bond acceptors (Lipinski definition) is 3. The number of hydrogen-bond donors (Lipinski definition) is 1. The molecule has 2 aromatic carbocycles. The van der Waals surface area contributed by atoms with Crippen molar-refractivity contribution in [1.82, 2.24) is 4.90 Å². The molecule has 0 aromatic heterocycles. The maximum absolute atomic E-state index is 13.2. The summed E-state index contributed by atoms with van der Waals surface area (Å²) in [6, 6.07) is 18.2. The number of likely N-dealkylation sites (N-methyl/N-ethyl adjacent to an activating group) is 1. The lowest BCUT2D eigenvalue weighted by Gasteiger charge is -2.33. The van der Waals surface area contributed by atoms with Gasteiger partial charge in [0.15, 0.2) is 5.60 Å². The van der Waals surface area contributed by atoms with E-state index in [1.807, 2.05) is 36.4 Å². The van der Waals surface area contributed by atoms with Crippen molar-refractivity contribution < 1.29 is 14.6 Å². The average Bonchev–Trinajstić information content (AvgIpc) is 3.15. The second-order valence-corrected chi connectivity index (χ2v) is 6.36. The maximum atomic E-state index is 13.2. The number of ether oxygens (including phenoxy) is 1. The summed E-state index contributed by atoms with van der Waals surface area (Å²) in [6.45, 7) is 2.00. The first kappa shape index (κ1) is 16.7. The second kappa shape index (κ2) is 7.16. The third-order valence-corrected chi connectivity index (χ3v) is 4.60. The summed E-state index contributed by atoms with van der Waals surface area (Å²) in [7, 11) is 1.75. The zero-order valence-corrected chi connectivity index (χ0v) is 13.9. The molecule has 1 atom stereocenters. The number of rotatable bonds is 5. The molecule has 24 heavy (non-hydrogen) atoms. The summed E-state index contributed by atoms with van der Waals surface area (Å²) in [5.74, 6) is 0.0153. The second-order valence-electron chi connectivity index (χ2n) is 6.36. The van der Waals surface area contributed by atoms with Crippen molar-refractivity contribution in [2.45, 2.75) is 12.0 Å². The van der Waals surface area contributed by atoms with Crippen LogP contribution in [0.5, 0.6) is 0 Å². The minimum atomic E-state index is -1.68. The van der Waals surface area contributed by atoms with Crippen LogP contribution in [0.2, 0.25) is 0 Å². The van der Waals surface area contributed by atoms with E-state index in [1.54, 1.807) is 36.2 Å². The first-order chi connectivity index (χ1) is 11.6. The van der Waals surface area contributed by atoms with Gasteiger partial charge in [-0.2, -0.15) is 0 Å². The maximum Gasteiger partial charge on any atom is 0.263 e. The molecule has 1 fully saturated rings. The summed E-state index contributed by atoms with van der Waals surface area (Å²) in [5.41, 5.74) is -0.525. The fraction of sp³-hybridized carbons (Fsp3) is 0.350. The summed E-state index contributed by atoms with van der Waals surface area (Å²) >= 11 is 0. The Labute approximate surface area is 142 Å². The summed E-state index contributed by atoms with van der Waals surface area (Å²) in [6.07, 6.45) is 0.951. The van der Waals surface area contributed by atoms with Crippen LogP contribution in [0.25, 0.3) is 0 Å².